The van der Waals surface area contributed by atoms with Gasteiger partial charge in [-0.05, 0) is 19.1 Å². The van der Waals surface area contributed by atoms with Gasteiger partial charge in [-0.3, -0.25) is 4.79 Å². The van der Waals surface area contributed by atoms with Crippen molar-refractivity contribution in [2.75, 3.05) is 29.1 Å². The van der Waals surface area contributed by atoms with E-state index >= 15 is 0 Å². The first kappa shape index (κ1) is 20.0. The number of carbonyl (C=O) groups is 1. The van der Waals surface area contributed by atoms with Gasteiger partial charge in [0.05, 0.1) is 5.75 Å². The zero-order chi connectivity index (χ0) is 18.9. The summed E-state index contributed by atoms with van der Waals surface area (Å²) in [5.74, 6) is 0.737. The molecule has 2 rings (SSSR count). The fourth-order valence-electron chi connectivity index (χ4n) is 2.15. The molecule has 7 heteroatoms. The number of halogens is 1. The van der Waals surface area contributed by atoms with Gasteiger partial charge in [0.25, 0.3) is 0 Å². The van der Waals surface area contributed by atoms with Gasteiger partial charge < -0.3 is 10.2 Å². The van der Waals surface area contributed by atoms with Crippen LogP contribution >= 0.6 is 23.4 Å². The predicted molar refractivity (Wildman–Crippen MR) is 110 cm³/mol. The standard InChI is InChI=1S/C19H21ClN4OS/c1-4-10-24(11-5-2)17-12-16(20)22-19(23-17)26-13-18(25)21-15-8-6-14(3)7-9-15/h4-9,12H,1-2,10-11,13H2,3H3,(H,21,25). The first-order valence-electron chi connectivity index (χ1n) is 8.02. The van der Waals surface area contributed by atoms with Crippen LogP contribution in [0.5, 0.6) is 0 Å². The average molecular weight is 389 g/mol. The molecule has 0 aliphatic carbocycles. The molecule has 0 unspecified atom stereocenters. The van der Waals surface area contributed by atoms with Gasteiger partial charge in [0, 0.05) is 24.8 Å². The summed E-state index contributed by atoms with van der Waals surface area (Å²) in [6.45, 7) is 10.7. The molecule has 0 atom stereocenters. The minimum absolute atomic E-state index is 0.127. The molecule has 5 nitrogen and oxygen atoms in total. The van der Waals surface area contributed by atoms with Crippen LogP contribution in [0.1, 0.15) is 5.56 Å². The number of carbonyl (C=O) groups excluding carboxylic acids is 1. The van der Waals surface area contributed by atoms with E-state index in [1.807, 2.05) is 36.1 Å². The van der Waals surface area contributed by atoms with Crippen LogP contribution in [-0.2, 0) is 4.79 Å². The van der Waals surface area contributed by atoms with Crippen LogP contribution in [0.2, 0.25) is 5.15 Å². The van der Waals surface area contributed by atoms with Gasteiger partial charge in [-0.2, -0.15) is 0 Å². The van der Waals surface area contributed by atoms with Crippen LogP contribution in [0.25, 0.3) is 0 Å². The van der Waals surface area contributed by atoms with Gasteiger partial charge in [-0.15, -0.1) is 13.2 Å². The summed E-state index contributed by atoms with van der Waals surface area (Å²) < 4.78 is 0. The molecule has 0 bridgehead atoms. The molecule has 1 heterocycles. The third-order valence-corrected chi connectivity index (χ3v) is 4.39. The van der Waals surface area contributed by atoms with Crippen molar-refractivity contribution in [1.29, 1.82) is 0 Å². The highest BCUT2D eigenvalue weighted by Crippen LogP contribution is 2.22. The normalized spacial score (nSPS) is 10.2. The number of aromatic nitrogens is 2. The number of hydrogen-bond acceptors (Lipinski definition) is 5. The molecule has 0 aliphatic heterocycles. The highest BCUT2D eigenvalue weighted by molar-refractivity contribution is 7.99. The molecule has 0 aliphatic rings. The quantitative estimate of drug-likeness (QED) is 0.299. The van der Waals surface area contributed by atoms with E-state index in [0.717, 1.165) is 11.3 Å². The predicted octanol–water partition coefficient (Wildman–Crippen LogP) is 4.35. The maximum Gasteiger partial charge on any atom is 0.234 e. The molecular formula is C19H21ClN4OS. The second kappa shape index (κ2) is 9.99. The molecule has 0 saturated heterocycles. The molecule has 0 fully saturated rings. The van der Waals surface area contributed by atoms with Crippen molar-refractivity contribution in [3.05, 3.63) is 66.4 Å². The highest BCUT2D eigenvalue weighted by atomic mass is 35.5. The second-order valence-electron chi connectivity index (χ2n) is 5.52. The summed E-state index contributed by atoms with van der Waals surface area (Å²) in [7, 11) is 0. The Balaban J connectivity index is 2.02. The van der Waals surface area contributed by atoms with Crippen LogP contribution in [0.15, 0.2) is 60.8 Å². The van der Waals surface area contributed by atoms with Crippen LogP contribution in [0, 0.1) is 6.92 Å². The number of thioether (sulfide) groups is 1. The smallest absolute Gasteiger partial charge is 0.234 e. The Morgan fingerprint density at radius 3 is 2.50 bits per heavy atom. The van der Waals surface area contributed by atoms with Crippen molar-refractivity contribution in [1.82, 2.24) is 9.97 Å². The summed E-state index contributed by atoms with van der Waals surface area (Å²) in [6.07, 6.45) is 3.56. The molecule has 26 heavy (non-hydrogen) atoms. The summed E-state index contributed by atoms with van der Waals surface area (Å²) in [4.78, 5) is 22.7. The minimum atomic E-state index is -0.127. The van der Waals surface area contributed by atoms with Crippen LogP contribution in [0.4, 0.5) is 11.5 Å². The lowest BCUT2D eigenvalue weighted by molar-refractivity contribution is -0.113. The number of benzene rings is 1. The Morgan fingerprint density at radius 1 is 1.23 bits per heavy atom. The molecule has 0 radical (unpaired) electrons. The van der Waals surface area contributed by atoms with Gasteiger partial charge in [0.1, 0.15) is 11.0 Å². The molecule has 136 valence electrons. The highest BCUT2D eigenvalue weighted by Gasteiger charge is 2.11. The number of aryl methyl sites for hydroxylation is 1. The average Bonchev–Trinajstić information content (AvgIpc) is 2.61. The maximum absolute atomic E-state index is 12.1. The Hall–Kier alpha value is -2.31. The number of nitrogens with zero attached hydrogens (tertiary/aromatic N) is 3. The van der Waals surface area contributed by atoms with E-state index in [1.54, 1.807) is 18.2 Å². The molecule has 1 amide bonds. The Morgan fingerprint density at radius 2 is 1.88 bits per heavy atom. The van der Waals surface area contributed by atoms with Crippen molar-refractivity contribution in [3.63, 3.8) is 0 Å². The zero-order valence-corrected chi connectivity index (χ0v) is 16.2. The second-order valence-corrected chi connectivity index (χ2v) is 6.85. The van der Waals surface area contributed by atoms with Crippen LogP contribution < -0.4 is 10.2 Å². The van der Waals surface area contributed by atoms with E-state index in [1.165, 1.54) is 11.8 Å². The van der Waals surface area contributed by atoms with E-state index in [-0.39, 0.29) is 11.7 Å². The summed E-state index contributed by atoms with van der Waals surface area (Å²) in [5, 5.41) is 3.62. The lowest BCUT2D eigenvalue weighted by Crippen LogP contribution is -2.24. The molecular weight excluding hydrogens is 368 g/mol. The van der Waals surface area contributed by atoms with Gasteiger partial charge in [0.15, 0.2) is 5.16 Å². The largest absolute Gasteiger partial charge is 0.349 e. The number of hydrogen-bond donors (Lipinski definition) is 1. The maximum atomic E-state index is 12.1. The first-order valence-corrected chi connectivity index (χ1v) is 9.39. The first-order chi connectivity index (χ1) is 12.5. The summed E-state index contributed by atoms with van der Waals surface area (Å²) in [5.41, 5.74) is 1.90. The number of anilines is 2. The minimum Gasteiger partial charge on any atom is -0.349 e. The van der Waals surface area contributed by atoms with E-state index < -0.39 is 0 Å². The third kappa shape index (κ3) is 6.20. The van der Waals surface area contributed by atoms with Gasteiger partial charge in [-0.25, -0.2) is 9.97 Å². The Bertz CT molecular complexity index is 770. The van der Waals surface area contributed by atoms with Gasteiger partial charge in [-0.1, -0.05) is 53.2 Å². The van der Waals surface area contributed by atoms with Crippen molar-refractivity contribution >= 4 is 40.8 Å². The SMILES string of the molecule is C=CCN(CC=C)c1cc(Cl)nc(SCC(=O)Nc2ccc(C)cc2)n1. The van der Waals surface area contributed by atoms with Gasteiger partial charge in [0.2, 0.25) is 5.91 Å². The zero-order valence-electron chi connectivity index (χ0n) is 14.6. The summed E-state index contributed by atoms with van der Waals surface area (Å²) >= 11 is 7.35. The lowest BCUT2D eigenvalue weighted by atomic mass is 10.2. The fraction of sp³-hybridized carbons (Fsp3) is 0.211. The van der Waals surface area contributed by atoms with Crippen LogP contribution in [-0.4, -0.2) is 34.7 Å². The van der Waals surface area contributed by atoms with Crippen molar-refractivity contribution in [3.8, 4) is 0 Å². The topological polar surface area (TPSA) is 58.1 Å². The van der Waals surface area contributed by atoms with Gasteiger partial charge >= 0.3 is 0 Å². The number of rotatable bonds is 9. The lowest BCUT2D eigenvalue weighted by Gasteiger charge is -2.20. The number of nitrogens with one attached hydrogen (secondary N) is 1. The van der Waals surface area contributed by atoms with Crippen molar-refractivity contribution in [2.45, 2.75) is 12.1 Å². The fourth-order valence-corrected chi connectivity index (χ4v) is 3.03. The molecule has 1 aromatic heterocycles. The Kier molecular flexibility index (Phi) is 7.69. The summed E-state index contributed by atoms with van der Waals surface area (Å²) in [6, 6.07) is 9.32. The molecule has 2 aromatic rings. The van der Waals surface area contributed by atoms with E-state index in [4.69, 9.17) is 11.6 Å². The molecule has 0 spiro atoms. The van der Waals surface area contributed by atoms with E-state index in [2.05, 4.69) is 28.4 Å². The van der Waals surface area contributed by atoms with Crippen molar-refractivity contribution < 1.29 is 4.79 Å². The number of amides is 1. The van der Waals surface area contributed by atoms with Crippen LogP contribution in [0.3, 0.4) is 0 Å². The van der Waals surface area contributed by atoms with Crippen molar-refractivity contribution in [2.24, 2.45) is 0 Å². The monoisotopic (exact) mass is 388 g/mol. The van der Waals surface area contributed by atoms with E-state index in [0.29, 0.717) is 29.2 Å². The molecule has 1 aromatic carbocycles. The molecule has 1 N–H and O–H groups in total. The third-order valence-electron chi connectivity index (χ3n) is 3.35. The Labute approximate surface area is 163 Å². The molecule has 0 saturated carbocycles. The van der Waals surface area contributed by atoms with E-state index in [9.17, 15) is 4.79 Å².